The van der Waals surface area contributed by atoms with E-state index in [9.17, 15) is 17.6 Å². The van der Waals surface area contributed by atoms with E-state index >= 15 is 0 Å². The molecule has 6 rings (SSSR count). The zero-order chi connectivity index (χ0) is 35.4. The van der Waals surface area contributed by atoms with Gasteiger partial charge in [-0.05, 0) is 59.3 Å². The van der Waals surface area contributed by atoms with E-state index in [2.05, 4.69) is 91.8 Å². The molecule has 0 radical (unpaired) electrons. The Morgan fingerprint density at radius 3 is 0.980 bits per heavy atom. The fraction of sp³-hybridized carbons (Fsp3) is 0.333. The van der Waals surface area contributed by atoms with Crippen LogP contribution in [-0.2, 0) is 21.7 Å². The van der Waals surface area contributed by atoms with Crippen LogP contribution in [0.5, 0.6) is 0 Å². The molecule has 0 amide bonds. The van der Waals surface area contributed by atoms with Gasteiger partial charge in [0, 0.05) is 46.0 Å². The quantitative estimate of drug-likeness (QED) is 0.108. The predicted octanol–water partition coefficient (Wildman–Crippen LogP) is 12.2. The summed E-state index contributed by atoms with van der Waals surface area (Å²) >= 11 is 0. The van der Waals surface area contributed by atoms with Crippen molar-refractivity contribution in [3.8, 4) is 11.4 Å². The monoisotopic (exact) mass is 702 g/mol. The summed E-state index contributed by atoms with van der Waals surface area (Å²) in [4.78, 5) is 0. The number of nitrogens with zero attached hydrogens (tertiary/aromatic N) is 2. The summed E-state index contributed by atoms with van der Waals surface area (Å²) in [6.07, 6.45) is 20.0. The number of benzene rings is 2. The van der Waals surface area contributed by atoms with Crippen LogP contribution >= 0.6 is 0 Å². The van der Waals surface area contributed by atoms with E-state index in [0.717, 1.165) is 35.6 Å². The summed E-state index contributed by atoms with van der Waals surface area (Å²) < 4.78 is 57.7. The summed E-state index contributed by atoms with van der Waals surface area (Å²) in [5.41, 5.74) is 4.79. The minimum atomic E-state index is -0.675. The molecule has 0 fully saturated rings. The third-order valence-corrected chi connectivity index (χ3v) is 7.59. The molecule has 0 spiro atoms. The zero-order valence-corrected chi connectivity index (χ0v) is 31.3. The molecule has 0 unspecified atom stereocenters. The third-order valence-electron chi connectivity index (χ3n) is 7.59. The maximum Gasteiger partial charge on any atom is 4.00 e. The van der Waals surface area contributed by atoms with Gasteiger partial charge < -0.3 is 9.13 Å². The van der Waals surface area contributed by atoms with Crippen LogP contribution in [0.25, 0.3) is 11.4 Å². The van der Waals surface area contributed by atoms with Crippen molar-refractivity contribution in [2.24, 2.45) is 0 Å². The molecular formula is C42H46F4N2Ti. The fourth-order valence-corrected chi connectivity index (χ4v) is 5.19. The summed E-state index contributed by atoms with van der Waals surface area (Å²) in [6.45, 7) is 16.5. The van der Waals surface area contributed by atoms with Gasteiger partial charge in [0.2, 0.25) is 0 Å². The van der Waals surface area contributed by atoms with Crippen LogP contribution in [0.15, 0.2) is 85.0 Å². The third kappa shape index (κ3) is 11.8. The minimum absolute atomic E-state index is 0. The summed E-state index contributed by atoms with van der Waals surface area (Å²) in [7, 11) is 0. The molecule has 49 heavy (non-hydrogen) atoms. The first-order valence-electron chi connectivity index (χ1n) is 16.4. The summed E-state index contributed by atoms with van der Waals surface area (Å²) in [6, 6.07) is 17.6. The van der Waals surface area contributed by atoms with Gasteiger partial charge in [0.25, 0.3) is 0 Å². The molecular weight excluding hydrogens is 656 g/mol. The SMILES string of the molecule is CC(C)c1ccc(C(C)C)n1-c1ccc(F)[c-]c1F.CC(C)c1ccc(C(C)C)n1-c1ccc(F)[c-]c1F.[C-]1=CC=CC1.[C-]1=CC=CC1.[Ti+4]. The molecule has 0 saturated carbocycles. The molecule has 7 heteroatoms. The number of allylic oxidation sites excluding steroid dienone is 8. The van der Waals surface area contributed by atoms with E-state index < -0.39 is 23.3 Å². The molecule has 0 atom stereocenters. The van der Waals surface area contributed by atoms with Crippen molar-refractivity contribution in [2.75, 3.05) is 0 Å². The number of hydrogen-bond donors (Lipinski definition) is 0. The Balaban J connectivity index is 0.000000260. The van der Waals surface area contributed by atoms with E-state index in [4.69, 9.17) is 0 Å². The first kappa shape index (κ1) is 41.6. The molecule has 0 aliphatic heterocycles. The Kier molecular flexibility index (Phi) is 17.1. The van der Waals surface area contributed by atoms with Crippen molar-refractivity contribution < 1.29 is 39.3 Å². The van der Waals surface area contributed by atoms with E-state index in [0.29, 0.717) is 11.4 Å². The van der Waals surface area contributed by atoms with Crippen molar-refractivity contribution in [2.45, 2.75) is 91.9 Å². The molecule has 256 valence electrons. The molecule has 2 aliphatic rings. The molecule has 2 nitrogen and oxygen atoms in total. The van der Waals surface area contributed by atoms with Crippen molar-refractivity contribution in [1.29, 1.82) is 0 Å². The summed E-state index contributed by atoms with van der Waals surface area (Å²) in [5.74, 6) is -1.61. The van der Waals surface area contributed by atoms with Gasteiger partial charge >= 0.3 is 21.7 Å². The standard InChI is InChI=1S/2C16H18F2N.2C5H5.Ti/c2*1-10(2)14-7-8-15(11(3)4)19(14)16-6-5-12(17)9-13(16)18;2*1-2-4-5-3-1;/h2*5-8,10-11H,1-4H3;2*1-3H,4H2;/q4*-1;+4. The maximum atomic E-state index is 14.0. The smallest absolute Gasteiger partial charge is 0.369 e. The summed E-state index contributed by atoms with van der Waals surface area (Å²) in [5, 5.41) is 0. The van der Waals surface area contributed by atoms with Crippen molar-refractivity contribution in [1.82, 2.24) is 9.13 Å². The van der Waals surface area contributed by atoms with Crippen LogP contribution in [0.4, 0.5) is 17.6 Å². The largest absolute Gasteiger partial charge is 4.00 e. The first-order chi connectivity index (χ1) is 22.8. The first-order valence-corrected chi connectivity index (χ1v) is 16.4. The topological polar surface area (TPSA) is 9.86 Å². The maximum absolute atomic E-state index is 14.0. The van der Waals surface area contributed by atoms with Crippen LogP contribution in [-0.4, -0.2) is 9.13 Å². The van der Waals surface area contributed by atoms with Crippen LogP contribution in [0.1, 0.15) is 115 Å². The number of hydrogen-bond acceptors (Lipinski definition) is 0. The second kappa shape index (κ2) is 20.2. The van der Waals surface area contributed by atoms with Gasteiger partial charge in [0.05, 0.1) is 0 Å². The van der Waals surface area contributed by atoms with E-state index in [1.165, 1.54) is 24.3 Å². The molecule has 2 heterocycles. The Morgan fingerprint density at radius 2 is 0.796 bits per heavy atom. The Hall–Kier alpha value is -3.61. The Labute approximate surface area is 305 Å². The second-order valence-electron chi connectivity index (χ2n) is 12.7. The molecule has 2 aromatic carbocycles. The van der Waals surface area contributed by atoms with Crippen molar-refractivity contribution in [3.05, 3.63) is 155 Å². The normalized spacial score (nSPS) is 12.6. The molecule has 2 aromatic heterocycles. The van der Waals surface area contributed by atoms with E-state index in [1.807, 2.05) is 57.7 Å². The van der Waals surface area contributed by atoms with Crippen LogP contribution < -0.4 is 0 Å². The van der Waals surface area contributed by atoms with Gasteiger partial charge in [0.15, 0.2) is 0 Å². The number of aromatic nitrogens is 2. The van der Waals surface area contributed by atoms with Gasteiger partial charge in [-0.2, -0.15) is 12.2 Å². The molecule has 0 N–H and O–H groups in total. The van der Waals surface area contributed by atoms with E-state index in [1.54, 1.807) is 0 Å². The Bertz CT molecular complexity index is 1540. The average molecular weight is 703 g/mol. The number of rotatable bonds is 6. The van der Waals surface area contributed by atoms with E-state index in [-0.39, 0.29) is 45.4 Å². The second-order valence-corrected chi connectivity index (χ2v) is 12.7. The minimum Gasteiger partial charge on any atom is -0.369 e. The van der Waals surface area contributed by atoms with Gasteiger partial charge in [-0.25, -0.2) is 41.9 Å². The van der Waals surface area contributed by atoms with Crippen LogP contribution in [0.3, 0.4) is 0 Å². The van der Waals surface area contributed by atoms with Crippen LogP contribution in [0, 0.1) is 47.6 Å². The molecule has 2 aliphatic carbocycles. The molecule has 0 bridgehead atoms. The molecule has 0 saturated heterocycles. The number of halogens is 4. The predicted molar refractivity (Wildman–Crippen MR) is 189 cm³/mol. The van der Waals surface area contributed by atoms with Crippen molar-refractivity contribution in [3.63, 3.8) is 0 Å². The van der Waals surface area contributed by atoms with Gasteiger partial charge in [-0.15, -0.1) is 49.2 Å². The zero-order valence-electron chi connectivity index (χ0n) is 29.7. The van der Waals surface area contributed by atoms with Crippen LogP contribution in [0.2, 0.25) is 0 Å². The Morgan fingerprint density at radius 1 is 0.490 bits per heavy atom. The van der Waals surface area contributed by atoms with Gasteiger partial charge in [-0.3, -0.25) is 12.2 Å². The average Bonchev–Trinajstić information content (AvgIpc) is 3.86. The van der Waals surface area contributed by atoms with Gasteiger partial charge in [-0.1, -0.05) is 55.4 Å². The van der Waals surface area contributed by atoms with Crippen molar-refractivity contribution >= 4 is 0 Å². The fourth-order valence-electron chi connectivity index (χ4n) is 5.19. The van der Waals surface area contributed by atoms with Gasteiger partial charge in [0.1, 0.15) is 0 Å². The molecule has 4 aromatic rings.